The van der Waals surface area contributed by atoms with Crippen LogP contribution in [0.15, 0.2) is 36.4 Å². The van der Waals surface area contributed by atoms with E-state index in [1.807, 2.05) is 38.1 Å². The van der Waals surface area contributed by atoms with Crippen molar-refractivity contribution >= 4 is 5.91 Å². The molecule has 1 amide bonds. The zero-order valence-electron chi connectivity index (χ0n) is 16.9. The predicted molar refractivity (Wildman–Crippen MR) is 107 cm³/mol. The van der Waals surface area contributed by atoms with Crippen LogP contribution in [0.5, 0.6) is 17.2 Å². The number of aryl methyl sites for hydroxylation is 1. The van der Waals surface area contributed by atoms with Crippen LogP contribution < -0.4 is 14.2 Å². The Labute approximate surface area is 166 Å². The highest BCUT2D eigenvalue weighted by Crippen LogP contribution is 2.30. The van der Waals surface area contributed by atoms with E-state index < -0.39 is 0 Å². The average Bonchev–Trinajstić information content (AvgIpc) is 2.73. The molecule has 0 N–H and O–H groups in total. The molecule has 6 heteroatoms. The molecule has 2 aromatic rings. The Morgan fingerprint density at radius 3 is 2.36 bits per heavy atom. The van der Waals surface area contributed by atoms with E-state index >= 15 is 0 Å². The third kappa shape index (κ3) is 4.57. The van der Waals surface area contributed by atoms with Gasteiger partial charge in [0.2, 0.25) is 0 Å². The molecule has 1 heterocycles. The minimum Gasteiger partial charge on any atom is -0.496 e. The monoisotopic (exact) mass is 385 g/mol. The SMILES string of the molecule is COc1cc(C(=O)N2CCOC(COc3ccc(C)cc3)C2)cc(OC)c1C. The smallest absolute Gasteiger partial charge is 0.254 e. The first-order valence-electron chi connectivity index (χ1n) is 9.34. The van der Waals surface area contributed by atoms with Crippen LogP contribution in [0, 0.1) is 13.8 Å². The number of hydrogen-bond acceptors (Lipinski definition) is 5. The lowest BCUT2D eigenvalue weighted by Gasteiger charge is -2.33. The Bertz CT molecular complexity index is 793. The molecule has 2 aromatic carbocycles. The van der Waals surface area contributed by atoms with E-state index in [2.05, 4.69) is 0 Å². The summed E-state index contributed by atoms with van der Waals surface area (Å²) < 4.78 is 22.4. The molecule has 0 spiro atoms. The quantitative estimate of drug-likeness (QED) is 0.764. The van der Waals surface area contributed by atoms with E-state index in [0.29, 0.717) is 43.4 Å². The highest BCUT2D eigenvalue weighted by atomic mass is 16.5. The molecule has 0 saturated carbocycles. The number of hydrogen-bond donors (Lipinski definition) is 0. The molecule has 150 valence electrons. The number of ether oxygens (including phenoxy) is 4. The largest absolute Gasteiger partial charge is 0.496 e. The van der Waals surface area contributed by atoms with Crippen molar-refractivity contribution in [1.82, 2.24) is 4.90 Å². The molecule has 1 unspecified atom stereocenters. The molecule has 1 aliphatic rings. The maximum absolute atomic E-state index is 13.0. The fourth-order valence-electron chi connectivity index (χ4n) is 3.22. The number of benzene rings is 2. The molecule has 3 rings (SSSR count). The van der Waals surface area contributed by atoms with Crippen molar-refractivity contribution in [3.63, 3.8) is 0 Å². The van der Waals surface area contributed by atoms with Gasteiger partial charge in [0.25, 0.3) is 5.91 Å². The number of morpholine rings is 1. The Morgan fingerprint density at radius 2 is 1.75 bits per heavy atom. The zero-order valence-corrected chi connectivity index (χ0v) is 16.9. The summed E-state index contributed by atoms with van der Waals surface area (Å²) in [7, 11) is 3.17. The zero-order chi connectivity index (χ0) is 20.1. The Hall–Kier alpha value is -2.73. The van der Waals surface area contributed by atoms with Gasteiger partial charge in [0.15, 0.2) is 0 Å². The van der Waals surface area contributed by atoms with Gasteiger partial charge in [-0.2, -0.15) is 0 Å². The van der Waals surface area contributed by atoms with E-state index in [4.69, 9.17) is 18.9 Å². The van der Waals surface area contributed by atoms with Gasteiger partial charge in [-0.05, 0) is 38.1 Å². The number of amides is 1. The van der Waals surface area contributed by atoms with Crippen molar-refractivity contribution in [2.75, 3.05) is 40.5 Å². The van der Waals surface area contributed by atoms with Crippen molar-refractivity contribution in [2.24, 2.45) is 0 Å². The van der Waals surface area contributed by atoms with Gasteiger partial charge in [-0.3, -0.25) is 4.79 Å². The van der Waals surface area contributed by atoms with E-state index in [9.17, 15) is 4.79 Å². The molecule has 0 radical (unpaired) electrons. The van der Waals surface area contributed by atoms with Gasteiger partial charge < -0.3 is 23.8 Å². The molecule has 1 aliphatic heterocycles. The van der Waals surface area contributed by atoms with Gasteiger partial charge in [-0.15, -0.1) is 0 Å². The summed E-state index contributed by atoms with van der Waals surface area (Å²) in [5.74, 6) is 2.00. The minimum atomic E-state index is -0.173. The summed E-state index contributed by atoms with van der Waals surface area (Å²) in [6, 6.07) is 11.4. The molecule has 28 heavy (non-hydrogen) atoms. The van der Waals surface area contributed by atoms with Crippen LogP contribution in [0.1, 0.15) is 21.5 Å². The lowest BCUT2D eigenvalue weighted by atomic mass is 10.1. The number of carbonyl (C=O) groups is 1. The van der Waals surface area contributed by atoms with Gasteiger partial charge in [-0.25, -0.2) is 0 Å². The molecule has 1 fully saturated rings. The van der Waals surface area contributed by atoms with Crippen LogP contribution in [0.25, 0.3) is 0 Å². The van der Waals surface area contributed by atoms with E-state index in [0.717, 1.165) is 11.3 Å². The highest BCUT2D eigenvalue weighted by molar-refractivity contribution is 5.95. The minimum absolute atomic E-state index is 0.0692. The van der Waals surface area contributed by atoms with E-state index in [-0.39, 0.29) is 12.0 Å². The first kappa shape index (κ1) is 20.0. The lowest BCUT2D eigenvalue weighted by molar-refractivity contribution is -0.0401. The van der Waals surface area contributed by atoms with Gasteiger partial charge in [0.05, 0.1) is 27.4 Å². The lowest BCUT2D eigenvalue weighted by Crippen LogP contribution is -2.47. The van der Waals surface area contributed by atoms with Crippen LogP contribution in [-0.2, 0) is 4.74 Å². The number of methoxy groups -OCH3 is 2. The maximum atomic E-state index is 13.0. The van der Waals surface area contributed by atoms with Gasteiger partial charge >= 0.3 is 0 Å². The topological polar surface area (TPSA) is 57.2 Å². The van der Waals surface area contributed by atoms with Crippen LogP contribution in [-0.4, -0.2) is 57.4 Å². The molecule has 1 atom stereocenters. The van der Waals surface area contributed by atoms with Gasteiger partial charge in [0.1, 0.15) is 30.0 Å². The maximum Gasteiger partial charge on any atom is 0.254 e. The first-order chi connectivity index (χ1) is 13.5. The van der Waals surface area contributed by atoms with Crippen molar-refractivity contribution in [2.45, 2.75) is 20.0 Å². The third-order valence-electron chi connectivity index (χ3n) is 4.88. The fourth-order valence-corrected chi connectivity index (χ4v) is 3.22. The van der Waals surface area contributed by atoms with Crippen molar-refractivity contribution < 1.29 is 23.7 Å². The van der Waals surface area contributed by atoms with E-state index in [1.165, 1.54) is 5.56 Å². The summed E-state index contributed by atoms with van der Waals surface area (Å²) in [5.41, 5.74) is 2.59. The fraction of sp³-hybridized carbons (Fsp3) is 0.409. The molecular formula is C22H27NO5. The van der Waals surface area contributed by atoms with Crippen LogP contribution in [0.3, 0.4) is 0 Å². The van der Waals surface area contributed by atoms with Crippen molar-refractivity contribution in [3.05, 3.63) is 53.1 Å². The second-order valence-corrected chi connectivity index (χ2v) is 6.87. The number of nitrogens with zero attached hydrogens (tertiary/aromatic N) is 1. The van der Waals surface area contributed by atoms with Gasteiger partial charge in [0, 0.05) is 17.7 Å². The molecule has 0 bridgehead atoms. The summed E-state index contributed by atoms with van der Waals surface area (Å²) in [5, 5.41) is 0. The van der Waals surface area contributed by atoms with E-state index in [1.54, 1.807) is 31.3 Å². The molecule has 0 aliphatic carbocycles. The van der Waals surface area contributed by atoms with Crippen molar-refractivity contribution in [3.8, 4) is 17.2 Å². The highest BCUT2D eigenvalue weighted by Gasteiger charge is 2.26. The second kappa shape index (κ2) is 8.97. The van der Waals surface area contributed by atoms with Gasteiger partial charge in [-0.1, -0.05) is 17.7 Å². The molecule has 0 aromatic heterocycles. The summed E-state index contributed by atoms with van der Waals surface area (Å²) >= 11 is 0. The molecule has 6 nitrogen and oxygen atoms in total. The standard InChI is InChI=1S/C22H27NO5/c1-15-5-7-18(8-6-15)28-14-19-13-23(9-10-27-19)22(24)17-11-20(25-3)16(2)21(12-17)26-4/h5-8,11-12,19H,9-10,13-14H2,1-4H3. The van der Waals surface area contributed by atoms with Crippen LogP contribution in [0.2, 0.25) is 0 Å². The van der Waals surface area contributed by atoms with Crippen LogP contribution in [0.4, 0.5) is 0 Å². The Kier molecular flexibility index (Phi) is 6.41. The third-order valence-corrected chi connectivity index (χ3v) is 4.88. The molecule has 1 saturated heterocycles. The Morgan fingerprint density at radius 1 is 1.11 bits per heavy atom. The Balaban J connectivity index is 1.66. The summed E-state index contributed by atoms with van der Waals surface area (Å²) in [6.45, 7) is 5.83. The first-order valence-corrected chi connectivity index (χ1v) is 9.34. The predicted octanol–water partition coefficient (Wildman–Crippen LogP) is 3.24. The van der Waals surface area contributed by atoms with Crippen molar-refractivity contribution in [1.29, 1.82) is 0 Å². The number of rotatable bonds is 6. The average molecular weight is 385 g/mol. The molecular weight excluding hydrogens is 358 g/mol. The summed E-state index contributed by atoms with van der Waals surface area (Å²) in [6.07, 6.45) is -0.173. The normalized spacial score (nSPS) is 16.6. The number of carbonyl (C=O) groups excluding carboxylic acids is 1. The second-order valence-electron chi connectivity index (χ2n) is 6.87. The summed E-state index contributed by atoms with van der Waals surface area (Å²) in [4.78, 5) is 14.8. The van der Waals surface area contributed by atoms with Crippen LogP contribution >= 0.6 is 0 Å².